The molecule has 6 heteroatoms. The van der Waals surface area contributed by atoms with Crippen molar-refractivity contribution < 1.29 is 19.1 Å². The summed E-state index contributed by atoms with van der Waals surface area (Å²) >= 11 is 0. The fraction of sp³-hybridized carbons (Fsp3) is 0.385. The molecule has 0 aliphatic rings. The van der Waals surface area contributed by atoms with Crippen LogP contribution in [0.4, 0.5) is 10.1 Å². The first-order valence-electron chi connectivity index (χ1n) is 5.94. The van der Waals surface area contributed by atoms with Crippen molar-refractivity contribution >= 4 is 17.6 Å². The summed E-state index contributed by atoms with van der Waals surface area (Å²) in [6.45, 7) is 4.04. The topological polar surface area (TPSA) is 83.6 Å². The van der Waals surface area contributed by atoms with Crippen LogP contribution >= 0.6 is 0 Å². The van der Waals surface area contributed by atoms with E-state index in [0.717, 1.165) is 6.07 Å². The number of aliphatic carboxylic acids is 1. The summed E-state index contributed by atoms with van der Waals surface area (Å²) < 4.78 is 13.2. The molecule has 0 bridgehead atoms. The minimum atomic E-state index is -0.936. The van der Waals surface area contributed by atoms with Gasteiger partial charge in [-0.1, -0.05) is 0 Å². The molecule has 1 atom stereocenters. The Bertz CT molecular complexity index is 491. The Labute approximate surface area is 110 Å². The summed E-state index contributed by atoms with van der Waals surface area (Å²) in [5, 5.41) is 8.82. The normalized spacial score (nSPS) is 11.9. The van der Waals surface area contributed by atoms with E-state index in [-0.39, 0.29) is 18.0 Å². The number of nitrogens with two attached hydrogens (primary N) is 1. The van der Waals surface area contributed by atoms with Crippen LogP contribution in [0.1, 0.15) is 30.6 Å². The molecule has 104 valence electrons. The number of carbonyl (C=O) groups is 2. The van der Waals surface area contributed by atoms with Gasteiger partial charge in [0.1, 0.15) is 5.82 Å². The first-order chi connectivity index (χ1) is 8.86. The van der Waals surface area contributed by atoms with E-state index >= 15 is 0 Å². The van der Waals surface area contributed by atoms with Gasteiger partial charge in [0.25, 0.3) is 5.91 Å². The lowest BCUT2D eigenvalue weighted by molar-refractivity contribution is -0.137. The minimum Gasteiger partial charge on any atom is -0.481 e. The smallest absolute Gasteiger partial charge is 0.305 e. The molecule has 3 N–H and O–H groups in total. The molecule has 0 spiro atoms. The molecule has 1 rings (SSSR count). The zero-order chi connectivity index (χ0) is 14.6. The second kappa shape index (κ2) is 6.17. The fourth-order valence-corrected chi connectivity index (χ4v) is 2.04. The number of hydrogen-bond acceptors (Lipinski definition) is 3. The van der Waals surface area contributed by atoms with Gasteiger partial charge < -0.3 is 15.7 Å². The van der Waals surface area contributed by atoms with Crippen LogP contribution in [0.25, 0.3) is 0 Å². The number of carboxylic acids is 1. The number of amides is 1. The first-order valence-corrected chi connectivity index (χ1v) is 5.94. The predicted molar refractivity (Wildman–Crippen MR) is 69.7 cm³/mol. The molecular weight excluding hydrogens is 251 g/mol. The van der Waals surface area contributed by atoms with Gasteiger partial charge in [0, 0.05) is 18.3 Å². The largest absolute Gasteiger partial charge is 0.481 e. The quantitative estimate of drug-likeness (QED) is 0.821. The van der Waals surface area contributed by atoms with Gasteiger partial charge in [0.15, 0.2) is 0 Å². The maximum absolute atomic E-state index is 13.2. The Kier molecular flexibility index (Phi) is 4.86. The molecule has 0 aliphatic heterocycles. The number of nitrogens with zero attached hydrogens (tertiary/aromatic N) is 1. The number of hydrogen-bond donors (Lipinski definition) is 2. The molecule has 0 fully saturated rings. The molecule has 1 amide bonds. The van der Waals surface area contributed by atoms with Crippen molar-refractivity contribution in [1.82, 2.24) is 0 Å². The Balaban J connectivity index is 3.17. The predicted octanol–water partition coefficient (Wildman–Crippen LogP) is 1.61. The van der Waals surface area contributed by atoms with E-state index in [1.165, 1.54) is 12.1 Å². The number of carboxylic acid groups (broad SMARTS) is 1. The molecule has 0 heterocycles. The number of benzene rings is 1. The van der Waals surface area contributed by atoms with Crippen LogP contribution < -0.4 is 10.6 Å². The Morgan fingerprint density at radius 3 is 2.58 bits per heavy atom. The number of carbonyl (C=O) groups excluding carboxylic acids is 1. The summed E-state index contributed by atoms with van der Waals surface area (Å²) in [7, 11) is 0. The Morgan fingerprint density at radius 2 is 2.11 bits per heavy atom. The van der Waals surface area contributed by atoms with Crippen molar-refractivity contribution in [3.63, 3.8) is 0 Å². The average Bonchev–Trinajstić information content (AvgIpc) is 2.30. The molecule has 0 saturated carbocycles. The molecule has 19 heavy (non-hydrogen) atoms. The third-order valence-corrected chi connectivity index (χ3v) is 2.88. The van der Waals surface area contributed by atoms with E-state index in [9.17, 15) is 14.0 Å². The highest BCUT2D eigenvalue weighted by Crippen LogP contribution is 2.24. The first kappa shape index (κ1) is 14.9. The fourth-order valence-electron chi connectivity index (χ4n) is 2.04. The van der Waals surface area contributed by atoms with Gasteiger partial charge in [-0.2, -0.15) is 0 Å². The van der Waals surface area contributed by atoms with Gasteiger partial charge >= 0.3 is 5.97 Å². The van der Waals surface area contributed by atoms with Crippen molar-refractivity contribution in [2.45, 2.75) is 26.3 Å². The second-order valence-corrected chi connectivity index (χ2v) is 4.26. The number of anilines is 1. The standard InChI is InChI=1S/C13H17FN2O3/c1-3-16(8(2)6-12(17)18)11-5-4-9(14)7-10(11)13(15)19/h4-5,7-8H,3,6H2,1-2H3,(H2,15,19)(H,17,18). The molecule has 1 unspecified atom stereocenters. The summed E-state index contributed by atoms with van der Waals surface area (Å²) in [4.78, 5) is 23.8. The molecule has 1 aromatic carbocycles. The average molecular weight is 268 g/mol. The molecular formula is C13H17FN2O3. The highest BCUT2D eigenvalue weighted by Gasteiger charge is 2.20. The molecule has 0 saturated heterocycles. The second-order valence-electron chi connectivity index (χ2n) is 4.26. The van der Waals surface area contributed by atoms with Crippen molar-refractivity contribution in [3.8, 4) is 0 Å². The van der Waals surface area contributed by atoms with Crippen LogP contribution in [0, 0.1) is 5.82 Å². The van der Waals surface area contributed by atoms with E-state index in [4.69, 9.17) is 10.8 Å². The third-order valence-electron chi connectivity index (χ3n) is 2.88. The third kappa shape index (κ3) is 3.67. The van der Waals surface area contributed by atoms with E-state index < -0.39 is 17.7 Å². The summed E-state index contributed by atoms with van der Waals surface area (Å²) in [6.07, 6.45) is -0.0799. The van der Waals surface area contributed by atoms with Gasteiger partial charge in [-0.25, -0.2) is 4.39 Å². The van der Waals surface area contributed by atoms with Gasteiger partial charge in [-0.05, 0) is 32.0 Å². The van der Waals surface area contributed by atoms with Crippen LogP contribution in [-0.2, 0) is 4.79 Å². The highest BCUT2D eigenvalue weighted by molar-refractivity contribution is 5.98. The monoisotopic (exact) mass is 268 g/mol. The maximum Gasteiger partial charge on any atom is 0.305 e. The highest BCUT2D eigenvalue weighted by atomic mass is 19.1. The number of halogens is 1. The summed E-state index contributed by atoms with van der Waals surface area (Å²) in [5.41, 5.74) is 5.73. The van der Waals surface area contributed by atoms with E-state index in [1.54, 1.807) is 11.8 Å². The van der Waals surface area contributed by atoms with E-state index in [0.29, 0.717) is 12.2 Å². The van der Waals surface area contributed by atoms with E-state index in [1.807, 2.05) is 6.92 Å². The molecule has 0 aliphatic carbocycles. The molecule has 1 aromatic rings. The number of primary amides is 1. The number of rotatable bonds is 6. The van der Waals surface area contributed by atoms with E-state index in [2.05, 4.69) is 0 Å². The van der Waals surface area contributed by atoms with Crippen molar-refractivity contribution in [3.05, 3.63) is 29.6 Å². The summed E-state index contributed by atoms with van der Waals surface area (Å²) in [6, 6.07) is 3.40. The van der Waals surface area contributed by atoms with Gasteiger partial charge in [0.2, 0.25) is 0 Å². The van der Waals surface area contributed by atoms with Gasteiger partial charge in [-0.3, -0.25) is 9.59 Å². The lowest BCUT2D eigenvalue weighted by Gasteiger charge is -2.30. The minimum absolute atomic E-state index is 0.0547. The SMILES string of the molecule is CCN(c1ccc(F)cc1C(N)=O)C(C)CC(=O)O. The molecule has 5 nitrogen and oxygen atoms in total. The maximum atomic E-state index is 13.2. The Morgan fingerprint density at radius 1 is 1.47 bits per heavy atom. The summed E-state index contributed by atoms with van der Waals surface area (Å²) in [5.74, 6) is -2.23. The van der Waals surface area contributed by atoms with Gasteiger partial charge in [-0.15, -0.1) is 0 Å². The van der Waals surface area contributed by atoms with Crippen LogP contribution in [0.5, 0.6) is 0 Å². The molecule has 0 radical (unpaired) electrons. The van der Waals surface area contributed by atoms with Crippen molar-refractivity contribution in [2.75, 3.05) is 11.4 Å². The Hall–Kier alpha value is -2.11. The molecule has 0 aromatic heterocycles. The van der Waals surface area contributed by atoms with Crippen LogP contribution in [0.15, 0.2) is 18.2 Å². The van der Waals surface area contributed by atoms with Gasteiger partial charge in [0.05, 0.1) is 12.0 Å². The van der Waals surface area contributed by atoms with Crippen molar-refractivity contribution in [2.24, 2.45) is 5.73 Å². The lowest BCUT2D eigenvalue weighted by Crippen LogP contribution is -2.36. The van der Waals surface area contributed by atoms with Crippen LogP contribution in [0.2, 0.25) is 0 Å². The van der Waals surface area contributed by atoms with Crippen LogP contribution in [-0.4, -0.2) is 29.6 Å². The zero-order valence-electron chi connectivity index (χ0n) is 10.9. The zero-order valence-corrected chi connectivity index (χ0v) is 10.9. The van der Waals surface area contributed by atoms with Crippen LogP contribution in [0.3, 0.4) is 0 Å². The lowest BCUT2D eigenvalue weighted by atomic mass is 10.1. The van der Waals surface area contributed by atoms with Crippen molar-refractivity contribution in [1.29, 1.82) is 0 Å².